The third kappa shape index (κ3) is 10.2. The molecule has 7 amide bonds. The zero-order valence-electron chi connectivity index (χ0n) is 34.9. The Kier molecular flexibility index (Phi) is 13.7. The van der Waals surface area contributed by atoms with Crippen molar-refractivity contribution in [1.82, 2.24) is 31.1 Å². The van der Waals surface area contributed by atoms with Gasteiger partial charge in [-0.2, -0.15) is 0 Å². The maximum atomic E-state index is 15.1. The van der Waals surface area contributed by atoms with Gasteiger partial charge in [-0.05, 0) is 65.6 Å². The molecule has 2 heterocycles. The summed E-state index contributed by atoms with van der Waals surface area (Å²) < 4.78 is 0. The number of piperidine rings is 1. The van der Waals surface area contributed by atoms with Crippen molar-refractivity contribution in [3.63, 3.8) is 0 Å². The highest BCUT2D eigenvalue weighted by Gasteiger charge is 2.58. The fourth-order valence-electron chi connectivity index (χ4n) is 9.42. The van der Waals surface area contributed by atoms with Gasteiger partial charge in [-0.15, -0.1) is 6.58 Å². The van der Waals surface area contributed by atoms with Crippen LogP contribution in [0.3, 0.4) is 0 Å². The van der Waals surface area contributed by atoms with Crippen molar-refractivity contribution in [3.05, 3.63) is 12.7 Å². The van der Waals surface area contributed by atoms with Gasteiger partial charge in [0.05, 0.1) is 12.1 Å². The van der Waals surface area contributed by atoms with Crippen LogP contribution in [0.4, 0.5) is 4.79 Å². The Morgan fingerprint density at radius 1 is 0.909 bits per heavy atom. The van der Waals surface area contributed by atoms with E-state index in [1.807, 2.05) is 48.5 Å². The number of nitrogens with zero attached hydrogens (tertiary/aromatic N) is 2. The molecule has 2 saturated carbocycles. The number of Topliss-reactive ketones (excluding diaryl/α,β-unsaturated/α-hetero) is 1. The van der Waals surface area contributed by atoms with E-state index in [0.717, 1.165) is 32.1 Å². The number of imide groups is 1. The number of nitrogens with one attached hydrogen (secondary N) is 4. The summed E-state index contributed by atoms with van der Waals surface area (Å²) in [4.78, 5) is 98.7. The highest BCUT2D eigenvalue weighted by atomic mass is 16.2. The van der Waals surface area contributed by atoms with Crippen LogP contribution >= 0.6 is 0 Å². The Morgan fingerprint density at radius 3 is 2.09 bits per heavy atom. The monoisotopic (exact) mass is 769 g/mol. The molecule has 2 aliphatic carbocycles. The lowest BCUT2D eigenvalue weighted by Crippen LogP contribution is -2.63. The molecule has 2 saturated heterocycles. The van der Waals surface area contributed by atoms with Crippen molar-refractivity contribution in [1.29, 1.82) is 0 Å². The van der Waals surface area contributed by atoms with E-state index < -0.39 is 64.0 Å². The molecule has 1 unspecified atom stereocenters. The van der Waals surface area contributed by atoms with Gasteiger partial charge in [0.2, 0.25) is 29.4 Å². The molecule has 0 aromatic rings. The van der Waals surface area contributed by atoms with Gasteiger partial charge in [-0.1, -0.05) is 94.1 Å². The quantitative estimate of drug-likeness (QED) is 0.113. The second-order valence-electron chi connectivity index (χ2n) is 19.5. The molecule has 2 aliphatic heterocycles. The third-order valence-electron chi connectivity index (χ3n) is 13.0. The fourth-order valence-corrected chi connectivity index (χ4v) is 9.42. The van der Waals surface area contributed by atoms with Crippen molar-refractivity contribution in [2.45, 2.75) is 157 Å². The summed E-state index contributed by atoms with van der Waals surface area (Å²) in [5, 5.41) is 11.5. The summed E-state index contributed by atoms with van der Waals surface area (Å²) in [5.74, 6) is -3.04. The van der Waals surface area contributed by atoms with Crippen molar-refractivity contribution in [2.75, 3.05) is 19.6 Å². The van der Waals surface area contributed by atoms with Crippen molar-refractivity contribution < 1.29 is 33.6 Å². The predicted molar refractivity (Wildman–Crippen MR) is 210 cm³/mol. The average Bonchev–Trinajstić information content (AvgIpc) is 3.62. The largest absolute Gasteiger partial charge is 0.346 e. The predicted octanol–water partition coefficient (Wildman–Crippen LogP) is 4.63. The van der Waals surface area contributed by atoms with Crippen LogP contribution in [-0.2, 0) is 28.8 Å². The van der Waals surface area contributed by atoms with Crippen LogP contribution in [0.25, 0.3) is 0 Å². The second-order valence-corrected chi connectivity index (χ2v) is 19.5. The molecular formula is C42H68N6O7. The molecule has 0 aromatic carbocycles. The van der Waals surface area contributed by atoms with E-state index in [-0.39, 0.29) is 67.3 Å². The Morgan fingerprint density at radius 2 is 1.53 bits per heavy atom. The van der Waals surface area contributed by atoms with Crippen molar-refractivity contribution in [2.24, 2.45) is 33.5 Å². The van der Waals surface area contributed by atoms with Gasteiger partial charge in [-0.25, -0.2) is 4.79 Å². The van der Waals surface area contributed by atoms with Gasteiger partial charge >= 0.3 is 6.03 Å². The highest BCUT2D eigenvalue weighted by molar-refractivity contribution is 6.38. The Balaban J connectivity index is 1.63. The number of carbonyl (C=O) groups excluding carboxylic acids is 7. The molecule has 13 nitrogen and oxygen atoms in total. The minimum absolute atomic E-state index is 0.0105. The lowest BCUT2D eigenvalue weighted by Gasteiger charge is -2.43. The molecule has 4 N–H and O–H groups in total. The molecule has 6 atom stereocenters. The molecule has 13 heteroatoms. The Labute approximate surface area is 328 Å². The van der Waals surface area contributed by atoms with Gasteiger partial charge in [0.25, 0.3) is 5.91 Å². The minimum Gasteiger partial charge on any atom is -0.346 e. The summed E-state index contributed by atoms with van der Waals surface area (Å²) in [6.45, 7) is 21.8. The van der Waals surface area contributed by atoms with E-state index in [2.05, 4.69) is 41.7 Å². The van der Waals surface area contributed by atoms with E-state index >= 15 is 4.79 Å². The molecule has 0 radical (unpaired) electrons. The van der Waals surface area contributed by atoms with Crippen LogP contribution in [0.1, 0.15) is 133 Å². The van der Waals surface area contributed by atoms with Gasteiger partial charge in [-0.3, -0.25) is 33.7 Å². The smallest absolute Gasteiger partial charge is 0.315 e. The maximum Gasteiger partial charge on any atom is 0.315 e. The first-order valence-electron chi connectivity index (χ1n) is 20.5. The first kappa shape index (κ1) is 44.0. The SMILES string of the molecule is C=CCNC(=O)C(=O)C(CCC)NC(=O)[C@@H]1[C@H]2CCC(C)(C)[C@H]2CN1C(=O)[C@@H](NC(=O)N[C@H](CN1C(=O)CC(C)(C)CC1=O)C(C)(C)C)C1(C)CCCCC1. The number of hydrogen-bond donors (Lipinski definition) is 4. The van der Waals surface area contributed by atoms with Crippen LogP contribution < -0.4 is 21.3 Å². The molecule has 0 bridgehead atoms. The van der Waals surface area contributed by atoms with Gasteiger partial charge < -0.3 is 26.2 Å². The van der Waals surface area contributed by atoms with E-state index in [0.29, 0.717) is 25.8 Å². The van der Waals surface area contributed by atoms with Crippen LogP contribution in [0.2, 0.25) is 0 Å². The normalized spacial score (nSPS) is 25.9. The summed E-state index contributed by atoms with van der Waals surface area (Å²) in [6, 6.07) is -4.10. The average molecular weight is 769 g/mol. The lowest BCUT2D eigenvalue weighted by atomic mass is 9.70. The van der Waals surface area contributed by atoms with Gasteiger partial charge in [0, 0.05) is 32.5 Å². The number of amides is 7. The Hall–Kier alpha value is -3.77. The first-order valence-corrected chi connectivity index (χ1v) is 20.5. The molecule has 0 aromatic heterocycles. The minimum atomic E-state index is -1.05. The lowest BCUT2D eigenvalue weighted by molar-refractivity contribution is -0.153. The van der Waals surface area contributed by atoms with Crippen molar-refractivity contribution >= 4 is 41.4 Å². The molecule has 4 aliphatic rings. The standard InChI is InChI=1S/C42H68N6O7/c1-11-16-28(33(51)36(53)43-21-12-2)44-35(52)32-26-17-20-41(8,9)27(26)24-48(32)37(54)34(42(10)18-14-13-15-19-42)46-38(55)45-29(39(3,4)5)25-47-30(49)22-40(6,7)23-31(47)50/h12,26-29,32,34H,2,11,13-25H2,1,3-10H3,(H,43,53)(H,44,52)(H2,45,46,55)/t26-,27-,28?,29+,32-,34+/m0/s1. The number of hydrogen-bond acceptors (Lipinski definition) is 7. The number of ketones is 1. The number of fused-ring (bicyclic) bond motifs is 1. The van der Waals surface area contributed by atoms with E-state index in [1.54, 1.807) is 4.90 Å². The van der Waals surface area contributed by atoms with E-state index in [4.69, 9.17) is 0 Å². The fraction of sp³-hybridized carbons (Fsp3) is 0.786. The second kappa shape index (κ2) is 17.2. The number of carbonyl (C=O) groups is 7. The maximum absolute atomic E-state index is 15.1. The zero-order chi connectivity index (χ0) is 41.1. The molecule has 4 fully saturated rings. The van der Waals surface area contributed by atoms with Crippen LogP contribution in [0, 0.1) is 33.5 Å². The summed E-state index contributed by atoms with van der Waals surface area (Å²) in [5.41, 5.74) is -1.73. The summed E-state index contributed by atoms with van der Waals surface area (Å²) >= 11 is 0. The number of urea groups is 1. The van der Waals surface area contributed by atoms with E-state index in [1.165, 1.54) is 11.0 Å². The topological polar surface area (TPSA) is 174 Å². The molecule has 55 heavy (non-hydrogen) atoms. The summed E-state index contributed by atoms with van der Waals surface area (Å²) in [6.07, 6.45) is 8.55. The third-order valence-corrected chi connectivity index (χ3v) is 13.0. The Bertz CT molecular complexity index is 1490. The van der Waals surface area contributed by atoms with E-state index in [9.17, 15) is 28.8 Å². The highest BCUT2D eigenvalue weighted by Crippen LogP contribution is 2.53. The molecule has 4 rings (SSSR count). The van der Waals surface area contributed by atoms with Crippen molar-refractivity contribution in [3.8, 4) is 0 Å². The molecule has 308 valence electrons. The zero-order valence-corrected chi connectivity index (χ0v) is 34.9. The molecule has 0 spiro atoms. The molecular weight excluding hydrogens is 700 g/mol. The first-order chi connectivity index (χ1) is 25.5. The van der Waals surface area contributed by atoms with Crippen LogP contribution in [0.15, 0.2) is 12.7 Å². The van der Waals surface area contributed by atoms with Crippen LogP contribution in [-0.4, -0.2) is 95.0 Å². The number of rotatable bonds is 14. The van der Waals surface area contributed by atoms with Gasteiger partial charge in [0.15, 0.2) is 0 Å². The summed E-state index contributed by atoms with van der Waals surface area (Å²) in [7, 11) is 0. The van der Waals surface area contributed by atoms with Crippen LogP contribution in [0.5, 0.6) is 0 Å². The number of likely N-dealkylation sites (tertiary alicyclic amines) is 2. The van der Waals surface area contributed by atoms with Gasteiger partial charge in [0.1, 0.15) is 12.1 Å².